The van der Waals surface area contributed by atoms with E-state index >= 15 is 0 Å². The van der Waals surface area contributed by atoms with Gasteiger partial charge in [-0.2, -0.15) is 0 Å². The van der Waals surface area contributed by atoms with Crippen molar-refractivity contribution in [1.82, 2.24) is 0 Å². The van der Waals surface area contributed by atoms with Gasteiger partial charge in [-0.05, 0) is 109 Å². The van der Waals surface area contributed by atoms with Crippen molar-refractivity contribution in [2.45, 2.75) is 0 Å². The Hall–Kier alpha value is -7.28. The predicted molar refractivity (Wildman–Crippen MR) is 241 cm³/mol. The average Bonchev–Trinajstić information content (AvgIpc) is 3.28. The molecule has 0 saturated carbocycles. The molecule has 0 aliphatic rings. The SMILES string of the molecule is c1ccc(-c2cccc(-c3ccccc3)c2-c2c3ccccc3c(-c3c(-c4ccccc4)ccc4c5ccccc5c5ccccc5c34)c3ccccc23)cc1. The van der Waals surface area contributed by atoms with Gasteiger partial charge >= 0.3 is 0 Å². The Morgan fingerprint density at radius 1 is 0.161 bits per heavy atom. The van der Waals surface area contributed by atoms with Crippen LogP contribution in [-0.4, -0.2) is 0 Å². The van der Waals surface area contributed by atoms with Gasteiger partial charge in [-0.25, -0.2) is 0 Å². The van der Waals surface area contributed by atoms with E-state index in [4.69, 9.17) is 0 Å². The Bertz CT molecular complexity index is 3120. The molecule has 56 heavy (non-hydrogen) atoms. The molecule has 0 bridgehead atoms. The molecule has 260 valence electrons. The fraction of sp³-hybridized carbons (Fsp3) is 0. The lowest BCUT2D eigenvalue weighted by atomic mass is 9.78. The molecule has 0 atom stereocenters. The molecule has 0 aliphatic carbocycles. The molecule has 0 saturated heterocycles. The van der Waals surface area contributed by atoms with Crippen LogP contribution in [-0.2, 0) is 0 Å². The number of benzene rings is 11. The van der Waals surface area contributed by atoms with Crippen LogP contribution < -0.4 is 0 Å². The smallest absolute Gasteiger partial charge is 0.000785 e. The molecule has 0 unspecified atom stereocenters. The summed E-state index contributed by atoms with van der Waals surface area (Å²) < 4.78 is 0. The van der Waals surface area contributed by atoms with E-state index in [0.717, 1.165) is 0 Å². The van der Waals surface area contributed by atoms with E-state index in [-0.39, 0.29) is 0 Å². The molecule has 0 nitrogen and oxygen atoms in total. The summed E-state index contributed by atoms with van der Waals surface area (Å²) in [6.45, 7) is 0. The predicted octanol–water partition coefficient (Wildman–Crippen LogP) is 15.8. The Kier molecular flexibility index (Phi) is 7.60. The largest absolute Gasteiger partial charge is 0.0622 e. The normalized spacial score (nSPS) is 11.6. The number of hydrogen-bond donors (Lipinski definition) is 0. The summed E-state index contributed by atoms with van der Waals surface area (Å²) in [4.78, 5) is 0. The van der Waals surface area contributed by atoms with Crippen LogP contribution in [0.2, 0.25) is 0 Å². The van der Waals surface area contributed by atoms with Gasteiger partial charge in [0.05, 0.1) is 0 Å². The summed E-state index contributed by atoms with van der Waals surface area (Å²) in [5, 5.41) is 12.6. The first-order valence-corrected chi connectivity index (χ1v) is 19.4. The second-order valence-electron chi connectivity index (χ2n) is 14.7. The molecule has 0 heteroatoms. The maximum Gasteiger partial charge on any atom is -0.000785 e. The summed E-state index contributed by atoms with van der Waals surface area (Å²) in [7, 11) is 0. The van der Waals surface area contributed by atoms with E-state index < -0.39 is 0 Å². The molecule has 0 spiro atoms. The van der Waals surface area contributed by atoms with Crippen molar-refractivity contribution in [3.63, 3.8) is 0 Å². The van der Waals surface area contributed by atoms with E-state index in [1.165, 1.54) is 109 Å². The van der Waals surface area contributed by atoms with Crippen molar-refractivity contribution in [1.29, 1.82) is 0 Å². The van der Waals surface area contributed by atoms with Gasteiger partial charge < -0.3 is 0 Å². The first kappa shape index (κ1) is 32.2. The van der Waals surface area contributed by atoms with Gasteiger partial charge in [0.1, 0.15) is 0 Å². The standard InChI is InChI=1S/C56H36/c1-4-19-37(20-5-1)40-33-18-34-41(38-21-6-2-7-22-38)52(40)53-47-29-14-16-31-49(47)55(50-32-17-15-30-48(50)53)56-42(39-23-8-3-9-24-39)35-36-51-45-27-11-10-25-43(45)44-26-12-13-28-46(44)54(51)56/h1-36H. The lowest BCUT2D eigenvalue weighted by Crippen LogP contribution is -1.97. The van der Waals surface area contributed by atoms with Gasteiger partial charge in [0, 0.05) is 0 Å². The molecule has 0 amide bonds. The Morgan fingerprint density at radius 2 is 0.464 bits per heavy atom. The van der Waals surface area contributed by atoms with E-state index in [1.54, 1.807) is 0 Å². The van der Waals surface area contributed by atoms with Crippen LogP contribution in [0.3, 0.4) is 0 Å². The van der Waals surface area contributed by atoms with Gasteiger partial charge in [-0.15, -0.1) is 0 Å². The highest BCUT2D eigenvalue weighted by Crippen LogP contribution is 2.53. The van der Waals surface area contributed by atoms with E-state index in [9.17, 15) is 0 Å². The van der Waals surface area contributed by atoms with Crippen LogP contribution in [0, 0.1) is 0 Å². The first-order valence-electron chi connectivity index (χ1n) is 19.4. The minimum absolute atomic E-state index is 1.20. The molecule has 11 aromatic rings. The molecule has 0 aliphatic heterocycles. The highest BCUT2D eigenvalue weighted by Gasteiger charge is 2.25. The minimum Gasteiger partial charge on any atom is -0.0622 e. The van der Waals surface area contributed by atoms with E-state index in [1.807, 2.05) is 0 Å². The number of rotatable bonds is 5. The number of hydrogen-bond acceptors (Lipinski definition) is 0. The molecule has 11 aromatic carbocycles. The van der Waals surface area contributed by atoms with Crippen LogP contribution in [0.4, 0.5) is 0 Å². The van der Waals surface area contributed by atoms with Gasteiger partial charge in [0.15, 0.2) is 0 Å². The molecule has 0 radical (unpaired) electrons. The third kappa shape index (κ3) is 5.00. The second-order valence-corrected chi connectivity index (χ2v) is 14.7. The van der Waals surface area contributed by atoms with Gasteiger partial charge in [0.25, 0.3) is 0 Å². The zero-order valence-corrected chi connectivity index (χ0v) is 30.8. The maximum absolute atomic E-state index is 2.36. The monoisotopic (exact) mass is 708 g/mol. The Morgan fingerprint density at radius 3 is 0.893 bits per heavy atom. The molecule has 0 N–H and O–H groups in total. The molecular weight excluding hydrogens is 673 g/mol. The lowest BCUT2D eigenvalue weighted by Gasteiger charge is -2.24. The van der Waals surface area contributed by atoms with Crippen LogP contribution in [0.5, 0.6) is 0 Å². The zero-order chi connectivity index (χ0) is 37.0. The van der Waals surface area contributed by atoms with Crippen LogP contribution in [0.1, 0.15) is 0 Å². The molecule has 0 aromatic heterocycles. The Balaban J connectivity index is 1.37. The molecule has 0 fully saturated rings. The summed E-state index contributed by atoms with van der Waals surface area (Å²) in [5.41, 5.74) is 12.3. The molecule has 0 heterocycles. The van der Waals surface area contributed by atoms with Crippen molar-refractivity contribution in [3.05, 3.63) is 218 Å². The summed E-state index contributed by atoms with van der Waals surface area (Å²) in [6.07, 6.45) is 0. The van der Waals surface area contributed by atoms with Crippen molar-refractivity contribution >= 4 is 53.9 Å². The molecule has 11 rings (SSSR count). The van der Waals surface area contributed by atoms with Gasteiger partial charge in [-0.1, -0.05) is 218 Å². The van der Waals surface area contributed by atoms with Gasteiger partial charge in [-0.3, -0.25) is 0 Å². The Labute approximate surface area is 326 Å². The highest BCUT2D eigenvalue weighted by atomic mass is 14.3. The molecular formula is C56H36. The third-order valence-electron chi connectivity index (χ3n) is 11.7. The van der Waals surface area contributed by atoms with E-state index in [0.29, 0.717) is 0 Å². The van der Waals surface area contributed by atoms with Crippen molar-refractivity contribution in [2.24, 2.45) is 0 Å². The van der Waals surface area contributed by atoms with Crippen LogP contribution in [0.15, 0.2) is 218 Å². The van der Waals surface area contributed by atoms with Crippen molar-refractivity contribution in [3.8, 4) is 55.6 Å². The fourth-order valence-corrected chi connectivity index (χ4v) is 9.32. The van der Waals surface area contributed by atoms with Crippen LogP contribution >= 0.6 is 0 Å². The third-order valence-corrected chi connectivity index (χ3v) is 11.7. The first-order chi connectivity index (χ1) is 27.8. The second kappa shape index (κ2) is 13.2. The quantitative estimate of drug-likeness (QED) is 0.123. The average molecular weight is 709 g/mol. The summed E-state index contributed by atoms with van der Waals surface area (Å²) in [5.74, 6) is 0. The number of fused-ring (bicyclic) bond motifs is 8. The summed E-state index contributed by atoms with van der Waals surface area (Å²) >= 11 is 0. The van der Waals surface area contributed by atoms with Crippen LogP contribution in [0.25, 0.3) is 109 Å². The highest BCUT2D eigenvalue weighted by molar-refractivity contribution is 6.34. The van der Waals surface area contributed by atoms with E-state index in [2.05, 4.69) is 218 Å². The maximum atomic E-state index is 2.36. The van der Waals surface area contributed by atoms with Gasteiger partial charge in [0.2, 0.25) is 0 Å². The fourth-order valence-electron chi connectivity index (χ4n) is 9.32. The summed E-state index contributed by atoms with van der Waals surface area (Å²) in [6, 6.07) is 80.4. The zero-order valence-electron chi connectivity index (χ0n) is 30.8. The topological polar surface area (TPSA) is 0 Å². The van der Waals surface area contributed by atoms with Crippen molar-refractivity contribution < 1.29 is 0 Å². The minimum atomic E-state index is 1.20. The lowest BCUT2D eigenvalue weighted by molar-refractivity contribution is 1.58. The van der Waals surface area contributed by atoms with Crippen molar-refractivity contribution in [2.75, 3.05) is 0 Å².